The Morgan fingerprint density at radius 2 is 1.95 bits per heavy atom. The zero-order valence-corrected chi connectivity index (χ0v) is 13.1. The third kappa shape index (κ3) is 4.90. The van der Waals surface area contributed by atoms with E-state index in [0.717, 1.165) is 29.1 Å². The van der Waals surface area contributed by atoms with Crippen LogP contribution in [0, 0.1) is 6.92 Å². The monoisotopic (exact) mass is 298 g/mol. The van der Waals surface area contributed by atoms with Crippen LogP contribution in [-0.4, -0.2) is 19.6 Å². The summed E-state index contributed by atoms with van der Waals surface area (Å²) in [6.45, 7) is 3.10. The average molecular weight is 298 g/mol. The van der Waals surface area contributed by atoms with Crippen molar-refractivity contribution in [2.24, 2.45) is 0 Å². The highest BCUT2D eigenvalue weighted by Gasteiger charge is 2.06. The number of benzene rings is 2. The normalized spacial score (nSPS) is 10.3. The summed E-state index contributed by atoms with van der Waals surface area (Å²) in [6.07, 6.45) is 0.321. The van der Waals surface area contributed by atoms with Crippen molar-refractivity contribution in [3.05, 3.63) is 59.7 Å². The van der Waals surface area contributed by atoms with Crippen molar-refractivity contribution in [3.63, 3.8) is 0 Å². The molecule has 0 aromatic heterocycles. The van der Waals surface area contributed by atoms with Crippen LogP contribution < -0.4 is 15.4 Å². The SMILES string of the molecule is CNCc1ccccc1NC(=O)CCOc1cccc(C)c1. The van der Waals surface area contributed by atoms with Crippen LogP contribution in [0.3, 0.4) is 0 Å². The minimum absolute atomic E-state index is 0.0452. The Kier molecular flexibility index (Phi) is 5.98. The van der Waals surface area contributed by atoms with Gasteiger partial charge in [-0.2, -0.15) is 0 Å². The van der Waals surface area contributed by atoms with Gasteiger partial charge in [0.05, 0.1) is 13.0 Å². The third-order valence-corrected chi connectivity index (χ3v) is 3.25. The smallest absolute Gasteiger partial charge is 0.227 e. The van der Waals surface area contributed by atoms with Crippen LogP contribution in [0.15, 0.2) is 48.5 Å². The van der Waals surface area contributed by atoms with E-state index in [9.17, 15) is 4.79 Å². The van der Waals surface area contributed by atoms with Gasteiger partial charge in [0.1, 0.15) is 5.75 Å². The molecule has 116 valence electrons. The molecule has 2 rings (SSSR count). The van der Waals surface area contributed by atoms with Crippen molar-refractivity contribution in [2.75, 3.05) is 19.0 Å². The van der Waals surface area contributed by atoms with Crippen LogP contribution in [0.4, 0.5) is 5.69 Å². The molecule has 0 aliphatic rings. The van der Waals surface area contributed by atoms with E-state index in [-0.39, 0.29) is 5.91 Å². The molecule has 0 heterocycles. The predicted molar refractivity (Wildman–Crippen MR) is 89.1 cm³/mol. The summed E-state index contributed by atoms with van der Waals surface area (Å²) >= 11 is 0. The highest BCUT2D eigenvalue weighted by Crippen LogP contribution is 2.15. The van der Waals surface area contributed by atoms with Crippen LogP contribution in [-0.2, 0) is 11.3 Å². The number of aryl methyl sites for hydroxylation is 1. The number of hydrogen-bond acceptors (Lipinski definition) is 3. The lowest BCUT2D eigenvalue weighted by Gasteiger charge is -2.11. The highest BCUT2D eigenvalue weighted by atomic mass is 16.5. The van der Waals surface area contributed by atoms with E-state index in [0.29, 0.717) is 13.0 Å². The summed E-state index contributed by atoms with van der Waals surface area (Å²) in [5.41, 5.74) is 3.05. The van der Waals surface area contributed by atoms with E-state index < -0.39 is 0 Å². The zero-order valence-electron chi connectivity index (χ0n) is 13.1. The van der Waals surface area contributed by atoms with E-state index in [1.807, 2.05) is 62.5 Å². The molecule has 0 unspecified atom stereocenters. The standard InChI is InChI=1S/C18H22N2O2/c1-14-6-5-8-16(12-14)22-11-10-18(21)20-17-9-4-3-7-15(17)13-19-2/h3-9,12,19H,10-11,13H2,1-2H3,(H,20,21). The predicted octanol–water partition coefficient (Wildman–Crippen LogP) is 3.12. The van der Waals surface area contributed by atoms with Crippen molar-refractivity contribution in [1.29, 1.82) is 0 Å². The van der Waals surface area contributed by atoms with E-state index in [2.05, 4.69) is 10.6 Å². The molecular formula is C18H22N2O2. The summed E-state index contributed by atoms with van der Waals surface area (Å²) in [7, 11) is 1.88. The van der Waals surface area contributed by atoms with Gasteiger partial charge < -0.3 is 15.4 Å². The van der Waals surface area contributed by atoms with Gasteiger partial charge in [-0.3, -0.25) is 4.79 Å². The maximum Gasteiger partial charge on any atom is 0.227 e. The van der Waals surface area contributed by atoms with Gasteiger partial charge in [0, 0.05) is 12.2 Å². The molecule has 0 saturated carbocycles. The quantitative estimate of drug-likeness (QED) is 0.825. The lowest BCUT2D eigenvalue weighted by Crippen LogP contribution is -2.17. The second-order valence-corrected chi connectivity index (χ2v) is 5.15. The largest absolute Gasteiger partial charge is 0.493 e. The number of para-hydroxylation sites is 1. The Morgan fingerprint density at radius 1 is 1.14 bits per heavy atom. The Balaban J connectivity index is 1.83. The molecule has 0 aliphatic heterocycles. The molecule has 22 heavy (non-hydrogen) atoms. The van der Waals surface area contributed by atoms with Crippen molar-refractivity contribution in [2.45, 2.75) is 19.9 Å². The van der Waals surface area contributed by atoms with Crippen LogP contribution in [0.1, 0.15) is 17.5 Å². The van der Waals surface area contributed by atoms with Gasteiger partial charge in [-0.1, -0.05) is 30.3 Å². The number of hydrogen-bond donors (Lipinski definition) is 2. The fourth-order valence-corrected chi connectivity index (χ4v) is 2.17. The number of rotatable bonds is 7. The summed E-state index contributed by atoms with van der Waals surface area (Å²) in [4.78, 5) is 12.0. The first-order valence-corrected chi connectivity index (χ1v) is 7.41. The molecule has 0 bridgehead atoms. The van der Waals surface area contributed by atoms with Crippen molar-refractivity contribution in [1.82, 2.24) is 5.32 Å². The summed E-state index contributed by atoms with van der Waals surface area (Å²) in [6, 6.07) is 15.6. The molecule has 4 heteroatoms. The van der Waals surface area contributed by atoms with Crippen molar-refractivity contribution in [3.8, 4) is 5.75 Å². The molecular weight excluding hydrogens is 276 g/mol. The molecule has 0 radical (unpaired) electrons. The number of carbonyl (C=O) groups excluding carboxylic acids is 1. The fourth-order valence-electron chi connectivity index (χ4n) is 2.17. The van der Waals surface area contributed by atoms with E-state index in [1.54, 1.807) is 0 Å². The number of carbonyl (C=O) groups is 1. The van der Waals surface area contributed by atoms with Crippen LogP contribution in [0.5, 0.6) is 5.75 Å². The first-order chi connectivity index (χ1) is 10.7. The van der Waals surface area contributed by atoms with Gasteiger partial charge in [-0.05, 0) is 43.3 Å². The summed E-state index contributed by atoms with van der Waals surface area (Å²) < 4.78 is 5.60. The molecule has 0 aliphatic carbocycles. The lowest BCUT2D eigenvalue weighted by atomic mass is 10.1. The average Bonchev–Trinajstić information content (AvgIpc) is 2.49. The fraction of sp³-hybridized carbons (Fsp3) is 0.278. The second kappa shape index (κ2) is 8.20. The minimum Gasteiger partial charge on any atom is -0.493 e. The maximum absolute atomic E-state index is 12.0. The molecule has 0 atom stereocenters. The number of amides is 1. The van der Waals surface area contributed by atoms with Crippen molar-refractivity contribution < 1.29 is 9.53 Å². The van der Waals surface area contributed by atoms with Gasteiger partial charge >= 0.3 is 0 Å². The minimum atomic E-state index is -0.0452. The van der Waals surface area contributed by atoms with Gasteiger partial charge in [-0.25, -0.2) is 0 Å². The van der Waals surface area contributed by atoms with Gasteiger partial charge in [0.25, 0.3) is 0 Å². The Labute approximate surface area is 131 Å². The Bertz CT molecular complexity index is 626. The van der Waals surface area contributed by atoms with Crippen molar-refractivity contribution >= 4 is 11.6 Å². The van der Waals surface area contributed by atoms with Gasteiger partial charge in [0.15, 0.2) is 0 Å². The first-order valence-electron chi connectivity index (χ1n) is 7.41. The molecule has 4 nitrogen and oxygen atoms in total. The van der Waals surface area contributed by atoms with E-state index >= 15 is 0 Å². The lowest BCUT2D eigenvalue weighted by molar-refractivity contribution is -0.116. The molecule has 0 saturated heterocycles. The second-order valence-electron chi connectivity index (χ2n) is 5.15. The molecule has 1 amide bonds. The third-order valence-electron chi connectivity index (χ3n) is 3.25. The highest BCUT2D eigenvalue weighted by molar-refractivity contribution is 5.91. The van der Waals surface area contributed by atoms with Crippen LogP contribution in [0.2, 0.25) is 0 Å². The molecule has 2 aromatic rings. The Hall–Kier alpha value is -2.33. The topological polar surface area (TPSA) is 50.4 Å². The number of ether oxygens (including phenoxy) is 1. The number of anilines is 1. The maximum atomic E-state index is 12.0. The zero-order chi connectivity index (χ0) is 15.8. The molecule has 0 fully saturated rings. The van der Waals surface area contributed by atoms with Gasteiger partial charge in [-0.15, -0.1) is 0 Å². The van der Waals surface area contributed by atoms with Crippen LogP contribution in [0.25, 0.3) is 0 Å². The molecule has 2 N–H and O–H groups in total. The van der Waals surface area contributed by atoms with E-state index in [1.165, 1.54) is 0 Å². The molecule has 2 aromatic carbocycles. The van der Waals surface area contributed by atoms with E-state index in [4.69, 9.17) is 4.74 Å². The summed E-state index contributed by atoms with van der Waals surface area (Å²) in [5.74, 6) is 0.750. The first kappa shape index (κ1) is 16.0. The van der Waals surface area contributed by atoms with Crippen LogP contribution >= 0.6 is 0 Å². The number of nitrogens with one attached hydrogen (secondary N) is 2. The Morgan fingerprint density at radius 3 is 2.73 bits per heavy atom. The summed E-state index contributed by atoms with van der Waals surface area (Å²) in [5, 5.41) is 6.03. The molecule has 0 spiro atoms. The van der Waals surface area contributed by atoms with Gasteiger partial charge in [0.2, 0.25) is 5.91 Å².